The van der Waals surface area contributed by atoms with E-state index in [-0.39, 0.29) is 6.04 Å². The zero-order valence-electron chi connectivity index (χ0n) is 8.49. The summed E-state index contributed by atoms with van der Waals surface area (Å²) in [5.74, 6) is 6.81. The van der Waals surface area contributed by atoms with Gasteiger partial charge in [-0.1, -0.05) is 6.07 Å². The van der Waals surface area contributed by atoms with Gasteiger partial charge in [-0.2, -0.15) is 0 Å². The van der Waals surface area contributed by atoms with Gasteiger partial charge in [-0.25, -0.2) is 0 Å². The molecule has 3 N–H and O–H groups in total. The molecule has 0 aliphatic rings. The molecule has 1 aromatic rings. The van der Waals surface area contributed by atoms with Crippen LogP contribution in [0.1, 0.15) is 6.92 Å². The lowest BCUT2D eigenvalue weighted by molar-refractivity contribution is 0.273. The third-order valence-electron chi connectivity index (χ3n) is 1.83. The number of hydrazine groups is 1. The zero-order valence-corrected chi connectivity index (χ0v) is 8.49. The molecule has 0 fully saturated rings. The zero-order chi connectivity index (χ0) is 10.4. The number of ether oxygens (including phenoxy) is 2. The number of nitrogens with two attached hydrogens (primary N) is 1. The fourth-order valence-electron chi connectivity index (χ4n) is 0.960. The molecule has 4 heteroatoms. The minimum Gasteiger partial charge on any atom is -0.497 e. The van der Waals surface area contributed by atoms with E-state index in [4.69, 9.17) is 15.3 Å². The van der Waals surface area contributed by atoms with Crippen LogP contribution in [0.15, 0.2) is 24.3 Å². The van der Waals surface area contributed by atoms with Gasteiger partial charge in [-0.15, -0.1) is 0 Å². The largest absolute Gasteiger partial charge is 0.497 e. The number of nitrogens with one attached hydrogen (secondary N) is 1. The molecule has 14 heavy (non-hydrogen) atoms. The molecule has 0 saturated carbocycles. The molecule has 0 amide bonds. The van der Waals surface area contributed by atoms with Crippen molar-refractivity contribution in [3.63, 3.8) is 0 Å². The summed E-state index contributed by atoms with van der Waals surface area (Å²) in [6.45, 7) is 2.48. The Morgan fingerprint density at radius 2 is 2.14 bits per heavy atom. The summed E-state index contributed by atoms with van der Waals surface area (Å²) in [6.07, 6.45) is 0. The first kappa shape index (κ1) is 10.8. The SMILES string of the molecule is COc1cccc(OCC(C)NN)c1. The fourth-order valence-corrected chi connectivity index (χ4v) is 0.960. The van der Waals surface area contributed by atoms with Gasteiger partial charge in [0.1, 0.15) is 18.1 Å². The molecule has 0 bridgehead atoms. The Morgan fingerprint density at radius 3 is 2.79 bits per heavy atom. The van der Waals surface area contributed by atoms with Crippen LogP contribution in [0.5, 0.6) is 11.5 Å². The highest BCUT2D eigenvalue weighted by atomic mass is 16.5. The lowest BCUT2D eigenvalue weighted by Gasteiger charge is -2.12. The molecule has 0 aliphatic carbocycles. The molecule has 0 aromatic heterocycles. The molecule has 1 unspecified atom stereocenters. The van der Waals surface area contributed by atoms with Crippen LogP contribution in [-0.4, -0.2) is 19.8 Å². The quantitative estimate of drug-likeness (QED) is 0.543. The van der Waals surface area contributed by atoms with Crippen molar-refractivity contribution in [1.82, 2.24) is 5.43 Å². The maximum Gasteiger partial charge on any atom is 0.123 e. The van der Waals surface area contributed by atoms with Crippen molar-refractivity contribution >= 4 is 0 Å². The third-order valence-corrected chi connectivity index (χ3v) is 1.83. The number of hydrogen-bond acceptors (Lipinski definition) is 4. The van der Waals surface area contributed by atoms with Crippen LogP contribution in [0, 0.1) is 0 Å². The molecule has 0 radical (unpaired) electrons. The predicted molar refractivity (Wildman–Crippen MR) is 55.3 cm³/mol. The monoisotopic (exact) mass is 196 g/mol. The van der Waals surface area contributed by atoms with E-state index in [1.807, 2.05) is 31.2 Å². The van der Waals surface area contributed by atoms with Crippen molar-refractivity contribution in [3.8, 4) is 11.5 Å². The Hall–Kier alpha value is -1.26. The number of hydrogen-bond donors (Lipinski definition) is 2. The normalized spacial score (nSPS) is 12.2. The molecule has 1 rings (SSSR count). The first-order valence-corrected chi connectivity index (χ1v) is 4.49. The van der Waals surface area contributed by atoms with Crippen LogP contribution in [0.3, 0.4) is 0 Å². The maximum atomic E-state index is 5.48. The molecule has 78 valence electrons. The average Bonchev–Trinajstić information content (AvgIpc) is 2.26. The second-order valence-electron chi connectivity index (χ2n) is 3.06. The van der Waals surface area contributed by atoms with Crippen LogP contribution in [-0.2, 0) is 0 Å². The summed E-state index contributed by atoms with van der Waals surface area (Å²) in [5.41, 5.74) is 2.61. The molecular formula is C10H16N2O2. The summed E-state index contributed by atoms with van der Waals surface area (Å²) >= 11 is 0. The van der Waals surface area contributed by atoms with Gasteiger partial charge in [0.25, 0.3) is 0 Å². The van der Waals surface area contributed by atoms with E-state index in [2.05, 4.69) is 5.43 Å². The van der Waals surface area contributed by atoms with E-state index in [0.29, 0.717) is 6.61 Å². The van der Waals surface area contributed by atoms with Crippen LogP contribution in [0.2, 0.25) is 0 Å². The molecule has 0 heterocycles. The Labute approximate surface area is 84.0 Å². The van der Waals surface area contributed by atoms with E-state index in [0.717, 1.165) is 11.5 Å². The van der Waals surface area contributed by atoms with Crippen molar-refractivity contribution in [2.75, 3.05) is 13.7 Å². The summed E-state index contributed by atoms with van der Waals surface area (Å²) in [6, 6.07) is 7.60. The van der Waals surface area contributed by atoms with E-state index in [9.17, 15) is 0 Å². The molecule has 4 nitrogen and oxygen atoms in total. The Kier molecular flexibility index (Phi) is 4.22. The van der Waals surface area contributed by atoms with Gasteiger partial charge < -0.3 is 9.47 Å². The predicted octanol–water partition coefficient (Wildman–Crippen LogP) is 0.926. The summed E-state index contributed by atoms with van der Waals surface area (Å²) in [4.78, 5) is 0. The summed E-state index contributed by atoms with van der Waals surface area (Å²) in [7, 11) is 1.63. The third kappa shape index (κ3) is 3.24. The average molecular weight is 196 g/mol. The standard InChI is InChI=1S/C10H16N2O2/c1-8(12-11)7-14-10-5-3-4-9(6-10)13-2/h3-6,8,12H,7,11H2,1-2H3. The van der Waals surface area contributed by atoms with Crippen LogP contribution >= 0.6 is 0 Å². The molecule has 0 aliphatic heterocycles. The molecule has 1 aromatic carbocycles. The van der Waals surface area contributed by atoms with E-state index in [1.165, 1.54) is 0 Å². The minimum atomic E-state index is 0.126. The smallest absolute Gasteiger partial charge is 0.123 e. The van der Waals surface area contributed by atoms with Crippen molar-refractivity contribution in [2.24, 2.45) is 5.84 Å². The van der Waals surface area contributed by atoms with Gasteiger partial charge in [0.2, 0.25) is 0 Å². The second kappa shape index (κ2) is 5.47. The van der Waals surface area contributed by atoms with Crippen molar-refractivity contribution in [1.29, 1.82) is 0 Å². The Bertz CT molecular complexity index is 279. The molecule has 0 saturated heterocycles. The first-order valence-electron chi connectivity index (χ1n) is 4.49. The topological polar surface area (TPSA) is 56.5 Å². The number of rotatable bonds is 5. The van der Waals surface area contributed by atoms with Gasteiger partial charge in [0, 0.05) is 6.07 Å². The van der Waals surface area contributed by atoms with Gasteiger partial charge in [-0.3, -0.25) is 11.3 Å². The van der Waals surface area contributed by atoms with Crippen LogP contribution < -0.4 is 20.7 Å². The van der Waals surface area contributed by atoms with Crippen molar-refractivity contribution in [3.05, 3.63) is 24.3 Å². The summed E-state index contributed by atoms with van der Waals surface area (Å²) in [5, 5.41) is 0. The number of methoxy groups -OCH3 is 1. The lowest BCUT2D eigenvalue weighted by atomic mass is 10.3. The van der Waals surface area contributed by atoms with Gasteiger partial charge in [0.05, 0.1) is 13.2 Å². The molecule has 1 atom stereocenters. The van der Waals surface area contributed by atoms with E-state index < -0.39 is 0 Å². The number of benzene rings is 1. The lowest BCUT2D eigenvalue weighted by Crippen LogP contribution is -2.36. The highest BCUT2D eigenvalue weighted by Gasteiger charge is 2.00. The van der Waals surface area contributed by atoms with Crippen molar-refractivity contribution < 1.29 is 9.47 Å². The van der Waals surface area contributed by atoms with E-state index in [1.54, 1.807) is 7.11 Å². The second-order valence-corrected chi connectivity index (χ2v) is 3.06. The van der Waals surface area contributed by atoms with Gasteiger partial charge >= 0.3 is 0 Å². The van der Waals surface area contributed by atoms with Crippen molar-refractivity contribution in [2.45, 2.75) is 13.0 Å². The summed E-state index contributed by atoms with van der Waals surface area (Å²) < 4.78 is 10.5. The minimum absolute atomic E-state index is 0.126. The fraction of sp³-hybridized carbons (Fsp3) is 0.400. The molecular weight excluding hydrogens is 180 g/mol. The highest BCUT2D eigenvalue weighted by molar-refractivity contribution is 5.32. The van der Waals surface area contributed by atoms with Crippen LogP contribution in [0.25, 0.3) is 0 Å². The first-order chi connectivity index (χ1) is 6.76. The van der Waals surface area contributed by atoms with Gasteiger partial charge in [0.15, 0.2) is 0 Å². The Balaban J connectivity index is 2.50. The highest BCUT2D eigenvalue weighted by Crippen LogP contribution is 2.18. The van der Waals surface area contributed by atoms with Crippen LogP contribution in [0.4, 0.5) is 0 Å². The molecule has 0 spiro atoms. The Morgan fingerprint density at radius 1 is 1.43 bits per heavy atom. The maximum absolute atomic E-state index is 5.48. The van der Waals surface area contributed by atoms with E-state index >= 15 is 0 Å². The van der Waals surface area contributed by atoms with Gasteiger partial charge in [-0.05, 0) is 19.1 Å².